The molecule has 30 heavy (non-hydrogen) atoms. The van der Waals surface area contributed by atoms with Crippen LogP contribution in [0.3, 0.4) is 0 Å². The van der Waals surface area contributed by atoms with E-state index in [-0.39, 0.29) is 34.6 Å². The summed E-state index contributed by atoms with van der Waals surface area (Å²) >= 11 is 6.35. The van der Waals surface area contributed by atoms with E-state index >= 15 is 0 Å². The van der Waals surface area contributed by atoms with Crippen LogP contribution in [0.5, 0.6) is 5.75 Å². The van der Waals surface area contributed by atoms with Crippen molar-refractivity contribution in [3.8, 4) is 5.75 Å². The standard InChI is InChI=1S/C23H20ClNO5/c1-30-15-8-5-13(6-9-15)16-12-21(27)25(18-3-2-4-20(26)22(16)18)19-11-14(23(28)29)7-10-17(19)24/h5-11,16H,2-4,12H2,1H3,(H,28,29). The summed E-state index contributed by atoms with van der Waals surface area (Å²) in [6.45, 7) is 0. The van der Waals surface area contributed by atoms with Crippen molar-refractivity contribution in [2.24, 2.45) is 0 Å². The number of carboxylic acid groups (broad SMARTS) is 1. The summed E-state index contributed by atoms with van der Waals surface area (Å²) < 4.78 is 5.21. The lowest BCUT2D eigenvalue weighted by molar-refractivity contribution is -0.119. The Kier molecular flexibility index (Phi) is 5.35. The van der Waals surface area contributed by atoms with Crippen LogP contribution in [-0.2, 0) is 9.59 Å². The minimum absolute atomic E-state index is 0.0140. The maximum atomic E-state index is 13.2. The van der Waals surface area contributed by atoms with Gasteiger partial charge < -0.3 is 9.84 Å². The molecule has 0 spiro atoms. The first-order chi connectivity index (χ1) is 14.4. The number of hydrogen-bond donors (Lipinski definition) is 1. The number of carboxylic acids is 1. The van der Waals surface area contributed by atoms with Crippen molar-refractivity contribution in [2.75, 3.05) is 12.0 Å². The van der Waals surface area contributed by atoms with Crippen LogP contribution in [0, 0.1) is 0 Å². The van der Waals surface area contributed by atoms with Crippen molar-refractivity contribution in [3.63, 3.8) is 0 Å². The number of anilines is 1. The lowest BCUT2D eigenvalue weighted by atomic mass is 9.77. The highest BCUT2D eigenvalue weighted by molar-refractivity contribution is 6.34. The van der Waals surface area contributed by atoms with Gasteiger partial charge in [0.2, 0.25) is 5.91 Å². The molecule has 0 saturated carbocycles. The number of carbonyl (C=O) groups is 3. The van der Waals surface area contributed by atoms with Gasteiger partial charge in [-0.05, 0) is 48.7 Å². The Morgan fingerprint density at radius 2 is 1.87 bits per heavy atom. The van der Waals surface area contributed by atoms with Crippen LogP contribution >= 0.6 is 11.6 Å². The van der Waals surface area contributed by atoms with Gasteiger partial charge in [-0.2, -0.15) is 0 Å². The smallest absolute Gasteiger partial charge is 0.335 e. The molecule has 2 aromatic rings. The summed E-state index contributed by atoms with van der Waals surface area (Å²) in [7, 11) is 1.58. The third kappa shape index (κ3) is 3.48. The van der Waals surface area contributed by atoms with E-state index in [2.05, 4.69) is 0 Å². The molecule has 1 heterocycles. The molecule has 2 aromatic carbocycles. The first-order valence-electron chi connectivity index (χ1n) is 9.66. The van der Waals surface area contributed by atoms with Gasteiger partial charge in [0.15, 0.2) is 5.78 Å². The first-order valence-corrected chi connectivity index (χ1v) is 10.0. The molecule has 7 heteroatoms. The fourth-order valence-corrected chi connectivity index (χ4v) is 4.41. The second kappa shape index (κ2) is 7.95. The predicted octanol–water partition coefficient (Wildman–Crippen LogP) is 4.57. The normalized spacial score (nSPS) is 19.0. The number of benzene rings is 2. The average molecular weight is 426 g/mol. The van der Waals surface area contributed by atoms with Gasteiger partial charge in [-0.1, -0.05) is 23.7 Å². The van der Waals surface area contributed by atoms with Gasteiger partial charge in [0.05, 0.1) is 23.4 Å². The number of allylic oxidation sites excluding steroid dienone is 2. The molecule has 2 aliphatic rings. The predicted molar refractivity (Wildman–Crippen MR) is 112 cm³/mol. The second-order valence-electron chi connectivity index (χ2n) is 7.37. The Hall–Kier alpha value is -3.12. The summed E-state index contributed by atoms with van der Waals surface area (Å²) in [6.07, 6.45) is 1.71. The van der Waals surface area contributed by atoms with Crippen LogP contribution in [0.25, 0.3) is 0 Å². The Morgan fingerprint density at radius 3 is 2.53 bits per heavy atom. The molecule has 4 rings (SSSR count). The Balaban J connectivity index is 1.86. The van der Waals surface area contributed by atoms with Crippen LogP contribution in [0.2, 0.25) is 5.02 Å². The number of methoxy groups -OCH3 is 1. The first kappa shape index (κ1) is 20.2. The van der Waals surface area contributed by atoms with Gasteiger partial charge in [0, 0.05) is 30.0 Å². The number of ether oxygens (including phenoxy) is 1. The molecule has 0 radical (unpaired) electrons. The van der Waals surface area contributed by atoms with Gasteiger partial charge in [-0.3, -0.25) is 14.5 Å². The summed E-state index contributed by atoms with van der Waals surface area (Å²) in [5.74, 6) is -0.955. The molecule has 1 atom stereocenters. The monoisotopic (exact) mass is 425 g/mol. The number of nitrogens with zero attached hydrogens (tertiary/aromatic N) is 1. The molecule has 0 bridgehead atoms. The number of amides is 1. The molecule has 0 aromatic heterocycles. The number of ketones is 1. The third-order valence-electron chi connectivity index (χ3n) is 5.63. The zero-order valence-corrected chi connectivity index (χ0v) is 17.1. The molecule has 1 unspecified atom stereocenters. The fourth-order valence-electron chi connectivity index (χ4n) is 4.21. The topological polar surface area (TPSA) is 83.9 Å². The SMILES string of the molecule is COc1ccc(C2CC(=O)N(c3cc(C(=O)O)ccc3Cl)C3=C2C(=O)CCC3)cc1. The number of halogens is 1. The number of Topliss-reactive ketones (excluding diaryl/α,β-unsaturated/α-hetero) is 1. The molecule has 0 fully saturated rings. The van der Waals surface area contributed by atoms with Crippen molar-refractivity contribution in [2.45, 2.75) is 31.6 Å². The highest BCUT2D eigenvalue weighted by Gasteiger charge is 2.40. The Morgan fingerprint density at radius 1 is 1.13 bits per heavy atom. The minimum atomic E-state index is -1.11. The van der Waals surface area contributed by atoms with E-state index in [1.807, 2.05) is 24.3 Å². The molecular formula is C23H20ClNO5. The van der Waals surface area contributed by atoms with Crippen LogP contribution in [0.4, 0.5) is 5.69 Å². The number of hydrogen-bond acceptors (Lipinski definition) is 4. The zero-order chi connectivity index (χ0) is 21.4. The van der Waals surface area contributed by atoms with Crippen molar-refractivity contribution in [1.29, 1.82) is 0 Å². The van der Waals surface area contributed by atoms with Gasteiger partial charge in [0.25, 0.3) is 0 Å². The summed E-state index contributed by atoms with van der Waals surface area (Å²) in [6, 6.07) is 11.6. The Labute approximate surface area is 178 Å². The van der Waals surface area contributed by atoms with Crippen molar-refractivity contribution in [3.05, 3.63) is 69.9 Å². The van der Waals surface area contributed by atoms with E-state index in [1.165, 1.54) is 23.1 Å². The minimum Gasteiger partial charge on any atom is -0.497 e. The van der Waals surface area contributed by atoms with Gasteiger partial charge in [-0.25, -0.2) is 4.79 Å². The van der Waals surface area contributed by atoms with Crippen molar-refractivity contribution >= 4 is 34.9 Å². The van der Waals surface area contributed by atoms with E-state index in [0.29, 0.717) is 42.0 Å². The molecule has 154 valence electrons. The molecule has 0 saturated heterocycles. The van der Waals surface area contributed by atoms with Gasteiger partial charge >= 0.3 is 5.97 Å². The van der Waals surface area contributed by atoms with Crippen LogP contribution in [0.15, 0.2) is 53.7 Å². The lowest BCUT2D eigenvalue weighted by Crippen LogP contribution is -2.40. The lowest BCUT2D eigenvalue weighted by Gasteiger charge is -2.38. The summed E-state index contributed by atoms with van der Waals surface area (Å²) in [5, 5.41) is 9.61. The maximum Gasteiger partial charge on any atom is 0.335 e. The van der Waals surface area contributed by atoms with Crippen molar-refractivity contribution in [1.82, 2.24) is 0 Å². The van der Waals surface area contributed by atoms with Crippen molar-refractivity contribution < 1.29 is 24.2 Å². The molecule has 6 nitrogen and oxygen atoms in total. The molecule has 1 N–H and O–H groups in total. The molecular weight excluding hydrogens is 406 g/mol. The average Bonchev–Trinajstić information content (AvgIpc) is 2.74. The van der Waals surface area contributed by atoms with Crippen LogP contribution in [0.1, 0.15) is 47.5 Å². The molecule has 1 amide bonds. The largest absolute Gasteiger partial charge is 0.497 e. The van der Waals surface area contributed by atoms with E-state index in [1.54, 1.807) is 7.11 Å². The highest BCUT2D eigenvalue weighted by Crippen LogP contribution is 2.45. The zero-order valence-electron chi connectivity index (χ0n) is 16.4. The van der Waals surface area contributed by atoms with E-state index in [9.17, 15) is 19.5 Å². The summed E-state index contributed by atoms with van der Waals surface area (Å²) in [4.78, 5) is 39.1. The summed E-state index contributed by atoms with van der Waals surface area (Å²) in [5.41, 5.74) is 2.44. The highest BCUT2D eigenvalue weighted by atomic mass is 35.5. The van der Waals surface area contributed by atoms with Crippen LogP contribution < -0.4 is 9.64 Å². The number of rotatable bonds is 4. The third-order valence-corrected chi connectivity index (χ3v) is 5.95. The maximum absolute atomic E-state index is 13.2. The number of aromatic carboxylic acids is 1. The van der Waals surface area contributed by atoms with E-state index in [0.717, 1.165) is 5.56 Å². The molecule has 1 aliphatic heterocycles. The fraction of sp³-hybridized carbons (Fsp3) is 0.261. The number of carbonyl (C=O) groups excluding carboxylic acids is 2. The van der Waals surface area contributed by atoms with Gasteiger partial charge in [0.1, 0.15) is 5.75 Å². The quantitative estimate of drug-likeness (QED) is 0.775. The van der Waals surface area contributed by atoms with E-state index < -0.39 is 5.97 Å². The Bertz CT molecular complexity index is 1070. The van der Waals surface area contributed by atoms with Gasteiger partial charge in [-0.15, -0.1) is 0 Å². The second-order valence-corrected chi connectivity index (χ2v) is 7.77. The van der Waals surface area contributed by atoms with Crippen LogP contribution in [-0.4, -0.2) is 29.9 Å². The van der Waals surface area contributed by atoms with E-state index in [4.69, 9.17) is 16.3 Å². The molecule has 1 aliphatic carbocycles.